The van der Waals surface area contributed by atoms with E-state index in [0.29, 0.717) is 6.54 Å². The van der Waals surface area contributed by atoms with E-state index in [2.05, 4.69) is 43.1 Å². The van der Waals surface area contributed by atoms with Crippen molar-refractivity contribution in [1.82, 2.24) is 9.80 Å². The third-order valence-corrected chi connectivity index (χ3v) is 5.20. The molecule has 27 heavy (non-hydrogen) atoms. The van der Waals surface area contributed by atoms with E-state index in [1.807, 2.05) is 24.1 Å². The molecule has 0 spiro atoms. The van der Waals surface area contributed by atoms with E-state index in [0.717, 1.165) is 38.0 Å². The number of likely N-dealkylation sites (tertiary alicyclic amines) is 1. The molecule has 1 aromatic carbocycles. The number of rotatable bonds is 6. The fourth-order valence-electron chi connectivity index (χ4n) is 3.54. The van der Waals surface area contributed by atoms with E-state index in [1.165, 1.54) is 5.56 Å². The lowest BCUT2D eigenvalue weighted by molar-refractivity contribution is -0.138. The molecule has 1 atom stereocenters. The summed E-state index contributed by atoms with van der Waals surface area (Å²) in [6.07, 6.45) is 2.83. The zero-order valence-corrected chi connectivity index (χ0v) is 17.0. The number of carbonyl (C=O) groups excluding carboxylic acids is 1. The molecule has 150 valence electrons. The molecule has 1 amide bonds. The second-order valence-corrected chi connectivity index (χ2v) is 8.55. The Morgan fingerprint density at radius 2 is 1.85 bits per heavy atom. The second-order valence-electron chi connectivity index (χ2n) is 8.55. The number of nitrogens with one attached hydrogen (secondary N) is 1. The van der Waals surface area contributed by atoms with Gasteiger partial charge >= 0.3 is 5.97 Å². The molecular formula is C21H33N3O3. The number of carboxylic acid groups (broad SMARTS) is 1. The summed E-state index contributed by atoms with van der Waals surface area (Å²) in [4.78, 5) is 27.4. The minimum absolute atomic E-state index is 0.00384. The summed E-state index contributed by atoms with van der Waals surface area (Å²) in [6.45, 7) is 8.62. The number of benzene rings is 1. The normalized spacial score (nSPS) is 18.9. The second kappa shape index (κ2) is 9.33. The van der Waals surface area contributed by atoms with Gasteiger partial charge in [-0.2, -0.15) is 0 Å². The van der Waals surface area contributed by atoms with Crippen molar-refractivity contribution in [2.75, 3.05) is 38.5 Å². The first-order chi connectivity index (χ1) is 12.6. The largest absolute Gasteiger partial charge is 0.480 e. The van der Waals surface area contributed by atoms with Gasteiger partial charge in [-0.15, -0.1) is 0 Å². The van der Waals surface area contributed by atoms with Crippen LogP contribution in [0.25, 0.3) is 0 Å². The van der Waals surface area contributed by atoms with Crippen molar-refractivity contribution in [3.8, 4) is 0 Å². The number of carbonyl (C=O) groups is 2. The van der Waals surface area contributed by atoms with Crippen LogP contribution in [0.4, 0.5) is 5.69 Å². The Hall–Kier alpha value is -1.92. The summed E-state index contributed by atoms with van der Waals surface area (Å²) >= 11 is 0. The first kappa shape index (κ1) is 21.4. The van der Waals surface area contributed by atoms with Crippen LogP contribution in [-0.2, 0) is 15.0 Å². The van der Waals surface area contributed by atoms with Gasteiger partial charge in [0.1, 0.15) is 0 Å². The summed E-state index contributed by atoms with van der Waals surface area (Å²) in [5, 5.41) is 11.9. The predicted molar refractivity (Wildman–Crippen MR) is 108 cm³/mol. The van der Waals surface area contributed by atoms with Crippen LogP contribution in [0.15, 0.2) is 24.3 Å². The van der Waals surface area contributed by atoms with Gasteiger partial charge in [-0.3, -0.25) is 19.4 Å². The molecule has 2 N–H and O–H groups in total. The maximum absolute atomic E-state index is 12.4. The standard InChI is InChI=1S/C21H33N3O3/c1-21(2,3)16-7-9-17(10-8-16)22-19(25)14-24-12-5-6-18(11-13-24)23(4)15-20(26)27/h7-10,18H,5-6,11-15H2,1-4H3,(H,22,25)(H,26,27). The molecular weight excluding hydrogens is 342 g/mol. The summed E-state index contributed by atoms with van der Waals surface area (Å²) in [7, 11) is 1.86. The van der Waals surface area contributed by atoms with E-state index in [9.17, 15) is 9.59 Å². The van der Waals surface area contributed by atoms with Gasteiger partial charge in [0.15, 0.2) is 0 Å². The van der Waals surface area contributed by atoms with Gasteiger partial charge < -0.3 is 10.4 Å². The van der Waals surface area contributed by atoms with E-state index in [1.54, 1.807) is 0 Å². The third kappa shape index (κ3) is 6.96. The summed E-state index contributed by atoms with van der Waals surface area (Å²) < 4.78 is 0. The molecule has 1 fully saturated rings. The number of carboxylic acids is 1. The molecule has 0 saturated carbocycles. The highest BCUT2D eigenvalue weighted by Crippen LogP contribution is 2.23. The van der Waals surface area contributed by atoms with Gasteiger partial charge in [0.25, 0.3) is 0 Å². The maximum atomic E-state index is 12.4. The van der Waals surface area contributed by atoms with Gasteiger partial charge in [0, 0.05) is 18.3 Å². The minimum atomic E-state index is -0.796. The minimum Gasteiger partial charge on any atom is -0.480 e. The topological polar surface area (TPSA) is 72.9 Å². The number of nitrogens with zero attached hydrogens (tertiary/aromatic N) is 2. The van der Waals surface area contributed by atoms with Gasteiger partial charge in [0.2, 0.25) is 5.91 Å². The van der Waals surface area contributed by atoms with Gasteiger partial charge in [-0.25, -0.2) is 0 Å². The molecule has 0 aromatic heterocycles. The fraction of sp³-hybridized carbons (Fsp3) is 0.619. The Morgan fingerprint density at radius 3 is 2.44 bits per heavy atom. The van der Waals surface area contributed by atoms with Crippen molar-refractivity contribution in [2.24, 2.45) is 0 Å². The van der Waals surface area contributed by atoms with Gasteiger partial charge in [-0.05, 0) is 56.0 Å². The molecule has 6 nitrogen and oxygen atoms in total. The van der Waals surface area contributed by atoms with E-state index >= 15 is 0 Å². The molecule has 1 saturated heterocycles. The van der Waals surface area contributed by atoms with E-state index in [4.69, 9.17) is 5.11 Å². The average molecular weight is 376 g/mol. The Kier molecular flexibility index (Phi) is 7.39. The molecule has 6 heteroatoms. The molecule has 0 aliphatic carbocycles. The summed E-state index contributed by atoms with van der Waals surface area (Å²) in [6, 6.07) is 8.30. The van der Waals surface area contributed by atoms with Gasteiger partial charge in [0.05, 0.1) is 13.1 Å². The monoisotopic (exact) mass is 375 g/mol. The molecule has 2 rings (SSSR count). The summed E-state index contributed by atoms with van der Waals surface area (Å²) in [5.74, 6) is -0.800. The Bertz CT molecular complexity index is 637. The number of hydrogen-bond acceptors (Lipinski definition) is 4. The number of likely N-dealkylation sites (N-methyl/N-ethyl adjacent to an activating group) is 1. The van der Waals surface area contributed by atoms with Crippen molar-refractivity contribution in [3.63, 3.8) is 0 Å². The number of anilines is 1. The van der Waals surface area contributed by atoms with E-state index < -0.39 is 5.97 Å². The van der Waals surface area contributed by atoms with Crippen LogP contribution in [0.2, 0.25) is 0 Å². The first-order valence-corrected chi connectivity index (χ1v) is 9.70. The lowest BCUT2D eigenvalue weighted by Crippen LogP contribution is -2.37. The smallest absolute Gasteiger partial charge is 0.317 e. The van der Waals surface area contributed by atoms with Crippen LogP contribution >= 0.6 is 0 Å². The van der Waals surface area contributed by atoms with Crippen molar-refractivity contribution < 1.29 is 14.7 Å². The average Bonchev–Trinajstić information content (AvgIpc) is 2.79. The number of amides is 1. The molecule has 1 heterocycles. The molecule has 1 aromatic rings. The van der Waals surface area contributed by atoms with Crippen LogP contribution in [-0.4, -0.2) is 66.1 Å². The van der Waals surface area contributed by atoms with Crippen molar-refractivity contribution in [3.05, 3.63) is 29.8 Å². The molecule has 1 aliphatic rings. The van der Waals surface area contributed by atoms with Crippen molar-refractivity contribution in [1.29, 1.82) is 0 Å². The Morgan fingerprint density at radius 1 is 1.19 bits per heavy atom. The zero-order valence-electron chi connectivity index (χ0n) is 17.0. The highest BCUT2D eigenvalue weighted by molar-refractivity contribution is 5.92. The molecule has 1 aliphatic heterocycles. The van der Waals surface area contributed by atoms with Crippen molar-refractivity contribution in [2.45, 2.75) is 51.5 Å². The van der Waals surface area contributed by atoms with E-state index in [-0.39, 0.29) is 23.9 Å². The molecule has 0 radical (unpaired) electrons. The van der Waals surface area contributed by atoms with Crippen molar-refractivity contribution >= 4 is 17.6 Å². The van der Waals surface area contributed by atoms with Crippen LogP contribution < -0.4 is 5.32 Å². The predicted octanol–water partition coefficient (Wildman–Crippen LogP) is 2.79. The Labute approximate surface area is 162 Å². The van der Waals surface area contributed by atoms with Gasteiger partial charge in [-0.1, -0.05) is 32.9 Å². The quantitative estimate of drug-likeness (QED) is 0.800. The SMILES string of the molecule is CN(CC(=O)O)C1CCCN(CC(=O)Nc2ccc(C(C)(C)C)cc2)CC1. The van der Waals surface area contributed by atoms with Crippen LogP contribution in [0.3, 0.4) is 0 Å². The summed E-state index contributed by atoms with van der Waals surface area (Å²) in [5.41, 5.74) is 2.16. The van der Waals surface area contributed by atoms with Crippen LogP contribution in [0.1, 0.15) is 45.6 Å². The lowest BCUT2D eigenvalue weighted by Gasteiger charge is -2.25. The third-order valence-electron chi connectivity index (χ3n) is 5.20. The lowest BCUT2D eigenvalue weighted by atomic mass is 9.87. The fourth-order valence-corrected chi connectivity index (χ4v) is 3.54. The highest BCUT2D eigenvalue weighted by atomic mass is 16.4. The number of hydrogen-bond donors (Lipinski definition) is 2. The molecule has 0 bridgehead atoms. The Balaban J connectivity index is 1.83. The van der Waals surface area contributed by atoms with Crippen LogP contribution in [0, 0.1) is 0 Å². The maximum Gasteiger partial charge on any atom is 0.317 e. The number of aliphatic carboxylic acids is 1. The van der Waals surface area contributed by atoms with Crippen LogP contribution in [0.5, 0.6) is 0 Å². The first-order valence-electron chi connectivity index (χ1n) is 9.70. The highest BCUT2D eigenvalue weighted by Gasteiger charge is 2.22. The zero-order chi connectivity index (χ0) is 20.0. The molecule has 1 unspecified atom stereocenters.